The van der Waals surface area contributed by atoms with Crippen LogP contribution in [-0.2, 0) is 0 Å². The van der Waals surface area contributed by atoms with Gasteiger partial charge in [0.05, 0.1) is 0 Å². The van der Waals surface area contributed by atoms with Gasteiger partial charge in [-0.1, -0.05) is 6.07 Å². The lowest BCUT2D eigenvalue weighted by Crippen LogP contribution is -1.84. The van der Waals surface area contributed by atoms with Crippen molar-refractivity contribution in [1.82, 2.24) is 24.9 Å². The quantitative estimate of drug-likeness (QED) is 0.679. The molecule has 0 radical (unpaired) electrons. The van der Waals surface area contributed by atoms with Crippen LogP contribution in [-0.4, -0.2) is 24.9 Å². The Morgan fingerprint density at radius 1 is 0.875 bits per heavy atom. The first-order valence-corrected chi connectivity index (χ1v) is 4.90. The summed E-state index contributed by atoms with van der Waals surface area (Å²) < 4.78 is 0. The SMILES string of the molecule is c1ccc(-c2nc(-c3ncc[nH]3)c[nH]2)nc1. The largest absolute Gasteiger partial charge is 0.343 e. The van der Waals surface area contributed by atoms with E-state index in [4.69, 9.17) is 0 Å². The molecule has 3 aromatic rings. The highest BCUT2D eigenvalue weighted by molar-refractivity contribution is 5.56. The number of aromatic amines is 2. The van der Waals surface area contributed by atoms with Crippen LogP contribution in [0.25, 0.3) is 23.0 Å². The third kappa shape index (κ3) is 1.48. The lowest BCUT2D eigenvalue weighted by molar-refractivity contribution is 1.21. The molecule has 5 nitrogen and oxygen atoms in total. The maximum Gasteiger partial charge on any atom is 0.157 e. The molecule has 0 saturated carbocycles. The Morgan fingerprint density at radius 2 is 1.88 bits per heavy atom. The van der Waals surface area contributed by atoms with Crippen molar-refractivity contribution in [3.8, 4) is 23.0 Å². The predicted molar refractivity (Wildman–Crippen MR) is 59.4 cm³/mol. The van der Waals surface area contributed by atoms with Gasteiger partial charge in [0.1, 0.15) is 11.4 Å². The average Bonchev–Trinajstić information content (AvgIpc) is 3.01. The van der Waals surface area contributed by atoms with Crippen LogP contribution >= 0.6 is 0 Å². The Bertz CT molecular complexity index is 567. The number of imidazole rings is 2. The Balaban J connectivity index is 2.00. The maximum atomic E-state index is 4.41. The number of nitrogens with zero attached hydrogens (tertiary/aromatic N) is 3. The van der Waals surface area contributed by atoms with Gasteiger partial charge < -0.3 is 9.97 Å². The van der Waals surface area contributed by atoms with Crippen LogP contribution < -0.4 is 0 Å². The summed E-state index contributed by atoms with van der Waals surface area (Å²) >= 11 is 0. The molecule has 3 aromatic heterocycles. The fourth-order valence-electron chi connectivity index (χ4n) is 1.48. The van der Waals surface area contributed by atoms with Crippen LogP contribution in [0.2, 0.25) is 0 Å². The van der Waals surface area contributed by atoms with Gasteiger partial charge in [0.15, 0.2) is 11.6 Å². The van der Waals surface area contributed by atoms with Crippen molar-refractivity contribution in [3.05, 3.63) is 43.0 Å². The number of H-pyrrole nitrogens is 2. The predicted octanol–water partition coefficient (Wildman–Crippen LogP) is 1.86. The Morgan fingerprint density at radius 3 is 2.62 bits per heavy atom. The zero-order valence-corrected chi connectivity index (χ0v) is 8.38. The molecule has 3 heterocycles. The van der Waals surface area contributed by atoms with E-state index in [-0.39, 0.29) is 0 Å². The molecule has 5 heteroatoms. The Hall–Kier alpha value is -2.43. The molecule has 0 atom stereocenters. The first-order valence-electron chi connectivity index (χ1n) is 4.90. The number of pyridine rings is 1. The summed E-state index contributed by atoms with van der Waals surface area (Å²) in [5, 5.41) is 0. The Labute approximate surface area is 91.6 Å². The molecule has 0 spiro atoms. The molecule has 16 heavy (non-hydrogen) atoms. The first kappa shape index (κ1) is 8.84. The average molecular weight is 211 g/mol. The van der Waals surface area contributed by atoms with Crippen molar-refractivity contribution in [2.24, 2.45) is 0 Å². The summed E-state index contributed by atoms with van der Waals surface area (Å²) in [6.45, 7) is 0. The minimum Gasteiger partial charge on any atom is -0.343 e. The zero-order chi connectivity index (χ0) is 10.8. The van der Waals surface area contributed by atoms with E-state index in [1.165, 1.54) is 0 Å². The van der Waals surface area contributed by atoms with E-state index in [1.807, 2.05) is 24.4 Å². The lowest BCUT2D eigenvalue weighted by atomic mass is 10.3. The van der Waals surface area contributed by atoms with Crippen molar-refractivity contribution < 1.29 is 0 Å². The van der Waals surface area contributed by atoms with E-state index < -0.39 is 0 Å². The third-order valence-electron chi connectivity index (χ3n) is 2.23. The molecule has 0 aliphatic carbocycles. The van der Waals surface area contributed by atoms with Gasteiger partial charge in [0.25, 0.3) is 0 Å². The number of nitrogens with one attached hydrogen (secondary N) is 2. The third-order valence-corrected chi connectivity index (χ3v) is 2.23. The van der Waals surface area contributed by atoms with Crippen LogP contribution in [0, 0.1) is 0 Å². The molecular weight excluding hydrogens is 202 g/mol. The van der Waals surface area contributed by atoms with Gasteiger partial charge in [-0.3, -0.25) is 4.98 Å². The topological polar surface area (TPSA) is 70.2 Å². The van der Waals surface area contributed by atoms with E-state index in [9.17, 15) is 0 Å². The van der Waals surface area contributed by atoms with E-state index in [0.29, 0.717) is 0 Å². The molecule has 0 aliphatic heterocycles. The maximum absolute atomic E-state index is 4.41. The number of hydrogen-bond donors (Lipinski definition) is 2. The molecule has 0 amide bonds. The van der Waals surface area contributed by atoms with Crippen molar-refractivity contribution in [3.63, 3.8) is 0 Å². The van der Waals surface area contributed by atoms with Crippen molar-refractivity contribution in [2.75, 3.05) is 0 Å². The lowest BCUT2D eigenvalue weighted by Gasteiger charge is -1.92. The van der Waals surface area contributed by atoms with Gasteiger partial charge in [-0.15, -0.1) is 0 Å². The fraction of sp³-hybridized carbons (Fsp3) is 0. The van der Waals surface area contributed by atoms with Gasteiger partial charge in [0.2, 0.25) is 0 Å². The van der Waals surface area contributed by atoms with Gasteiger partial charge in [0, 0.05) is 24.8 Å². The monoisotopic (exact) mass is 211 g/mol. The summed E-state index contributed by atoms with van der Waals surface area (Å²) in [7, 11) is 0. The van der Waals surface area contributed by atoms with Crippen LogP contribution in [0.3, 0.4) is 0 Å². The smallest absolute Gasteiger partial charge is 0.157 e. The summed E-state index contributed by atoms with van der Waals surface area (Å²) in [6.07, 6.45) is 7.02. The van der Waals surface area contributed by atoms with E-state index >= 15 is 0 Å². The number of rotatable bonds is 2. The highest BCUT2D eigenvalue weighted by Crippen LogP contribution is 2.17. The molecule has 0 fully saturated rings. The molecule has 0 aromatic carbocycles. The zero-order valence-electron chi connectivity index (χ0n) is 8.38. The molecule has 0 bridgehead atoms. The van der Waals surface area contributed by atoms with Gasteiger partial charge in [-0.25, -0.2) is 9.97 Å². The minimum absolute atomic E-state index is 0.743. The van der Waals surface area contributed by atoms with Gasteiger partial charge in [-0.2, -0.15) is 0 Å². The normalized spacial score (nSPS) is 10.5. The summed E-state index contributed by atoms with van der Waals surface area (Å²) in [5.74, 6) is 1.49. The van der Waals surface area contributed by atoms with Crippen LogP contribution in [0.5, 0.6) is 0 Å². The molecular formula is C11H9N5. The minimum atomic E-state index is 0.743. The second-order valence-electron chi connectivity index (χ2n) is 3.29. The molecule has 0 unspecified atom stereocenters. The summed E-state index contributed by atoms with van der Waals surface area (Å²) in [4.78, 5) is 18.8. The standard InChI is InChI=1S/C11H9N5/c1-2-4-12-8(3-1)11-15-7-9(16-11)10-13-5-6-14-10/h1-7H,(H,13,14)(H,15,16). The van der Waals surface area contributed by atoms with Gasteiger partial charge in [-0.05, 0) is 12.1 Å². The van der Waals surface area contributed by atoms with Crippen molar-refractivity contribution in [1.29, 1.82) is 0 Å². The van der Waals surface area contributed by atoms with Crippen LogP contribution in [0.4, 0.5) is 0 Å². The highest BCUT2D eigenvalue weighted by atomic mass is 15.0. The van der Waals surface area contributed by atoms with E-state index in [1.54, 1.807) is 18.6 Å². The van der Waals surface area contributed by atoms with E-state index in [0.717, 1.165) is 23.0 Å². The molecule has 0 saturated heterocycles. The van der Waals surface area contributed by atoms with Crippen molar-refractivity contribution >= 4 is 0 Å². The van der Waals surface area contributed by atoms with Crippen LogP contribution in [0.1, 0.15) is 0 Å². The van der Waals surface area contributed by atoms with Crippen LogP contribution in [0.15, 0.2) is 43.0 Å². The molecule has 2 N–H and O–H groups in total. The summed E-state index contributed by atoms with van der Waals surface area (Å²) in [6, 6.07) is 5.71. The number of hydrogen-bond acceptors (Lipinski definition) is 3. The Kier molecular flexibility index (Phi) is 2.00. The molecule has 78 valence electrons. The fourth-order valence-corrected chi connectivity index (χ4v) is 1.48. The molecule has 0 aliphatic rings. The second kappa shape index (κ2) is 3.62. The molecule has 3 rings (SSSR count). The van der Waals surface area contributed by atoms with Gasteiger partial charge >= 0.3 is 0 Å². The number of aromatic nitrogens is 5. The summed E-state index contributed by atoms with van der Waals surface area (Å²) in [5.41, 5.74) is 1.60. The van der Waals surface area contributed by atoms with E-state index in [2.05, 4.69) is 24.9 Å². The van der Waals surface area contributed by atoms with Crippen molar-refractivity contribution in [2.45, 2.75) is 0 Å². The highest BCUT2D eigenvalue weighted by Gasteiger charge is 2.07. The first-order chi connectivity index (χ1) is 7.93. The second-order valence-corrected chi connectivity index (χ2v) is 3.29.